The number of aryl methyl sites for hydroxylation is 1. The number of hydrogen-bond acceptors (Lipinski definition) is 6. The lowest BCUT2D eigenvalue weighted by molar-refractivity contribution is -0.141. The number of carbonyl (C=O) groups excluding carboxylic acids is 1. The monoisotopic (exact) mass is 314 g/mol. The number of amides is 2. The van der Waals surface area contributed by atoms with Gasteiger partial charge in [0.25, 0.3) is 0 Å². The maximum absolute atomic E-state index is 12.4. The SMILES string of the molecule is Cc1nnc(NC(=O)N2C(C(=O)O)CSC2C2CC2)s1. The van der Waals surface area contributed by atoms with Gasteiger partial charge in [-0.05, 0) is 25.7 Å². The van der Waals surface area contributed by atoms with Crippen LogP contribution in [0.4, 0.5) is 9.93 Å². The number of thioether (sulfide) groups is 1. The average Bonchev–Trinajstić information content (AvgIpc) is 3.00. The second-order valence-electron chi connectivity index (χ2n) is 4.88. The van der Waals surface area contributed by atoms with E-state index in [-0.39, 0.29) is 5.37 Å². The Balaban J connectivity index is 1.76. The Bertz CT molecular complexity index is 546. The number of hydrogen-bond donors (Lipinski definition) is 2. The molecule has 20 heavy (non-hydrogen) atoms. The number of rotatable bonds is 3. The van der Waals surface area contributed by atoms with Crippen LogP contribution >= 0.6 is 23.1 Å². The van der Waals surface area contributed by atoms with Gasteiger partial charge in [-0.2, -0.15) is 0 Å². The molecule has 0 radical (unpaired) electrons. The summed E-state index contributed by atoms with van der Waals surface area (Å²) >= 11 is 2.83. The summed E-state index contributed by atoms with van der Waals surface area (Å²) in [6.45, 7) is 1.80. The van der Waals surface area contributed by atoms with E-state index in [0.29, 0.717) is 16.8 Å². The summed E-state index contributed by atoms with van der Waals surface area (Å²) < 4.78 is 0. The van der Waals surface area contributed by atoms with E-state index in [9.17, 15) is 14.7 Å². The highest BCUT2D eigenvalue weighted by atomic mass is 32.2. The molecule has 0 spiro atoms. The van der Waals surface area contributed by atoms with Crippen LogP contribution in [0, 0.1) is 12.8 Å². The first-order chi connectivity index (χ1) is 9.56. The average molecular weight is 314 g/mol. The minimum atomic E-state index is -0.954. The third-order valence-electron chi connectivity index (χ3n) is 3.32. The first-order valence-electron chi connectivity index (χ1n) is 6.30. The van der Waals surface area contributed by atoms with E-state index in [1.54, 1.807) is 18.7 Å². The molecule has 7 nitrogen and oxygen atoms in total. The number of nitrogens with zero attached hydrogens (tertiary/aromatic N) is 3. The molecular formula is C11H14N4O3S2. The highest BCUT2D eigenvalue weighted by molar-refractivity contribution is 8.00. The highest BCUT2D eigenvalue weighted by Crippen LogP contribution is 2.45. The van der Waals surface area contributed by atoms with E-state index >= 15 is 0 Å². The van der Waals surface area contributed by atoms with E-state index < -0.39 is 18.0 Å². The van der Waals surface area contributed by atoms with Crippen molar-refractivity contribution in [1.82, 2.24) is 15.1 Å². The molecule has 1 aliphatic carbocycles. The van der Waals surface area contributed by atoms with Crippen molar-refractivity contribution in [1.29, 1.82) is 0 Å². The van der Waals surface area contributed by atoms with Gasteiger partial charge < -0.3 is 5.11 Å². The summed E-state index contributed by atoms with van der Waals surface area (Å²) in [7, 11) is 0. The van der Waals surface area contributed by atoms with E-state index in [2.05, 4.69) is 15.5 Å². The van der Waals surface area contributed by atoms with Crippen molar-refractivity contribution in [3.63, 3.8) is 0 Å². The van der Waals surface area contributed by atoms with Gasteiger partial charge in [-0.3, -0.25) is 10.2 Å². The highest BCUT2D eigenvalue weighted by Gasteiger charge is 2.48. The Morgan fingerprint density at radius 3 is 2.70 bits per heavy atom. The van der Waals surface area contributed by atoms with Crippen molar-refractivity contribution in [2.24, 2.45) is 5.92 Å². The van der Waals surface area contributed by atoms with Crippen LogP contribution in [0.2, 0.25) is 0 Å². The van der Waals surface area contributed by atoms with Gasteiger partial charge in [-0.15, -0.1) is 22.0 Å². The topological polar surface area (TPSA) is 95.4 Å². The van der Waals surface area contributed by atoms with Crippen LogP contribution in [0.25, 0.3) is 0 Å². The number of nitrogens with one attached hydrogen (secondary N) is 1. The van der Waals surface area contributed by atoms with Crippen LogP contribution in [-0.2, 0) is 4.79 Å². The number of aliphatic carboxylic acids is 1. The molecule has 1 aromatic rings. The van der Waals surface area contributed by atoms with Gasteiger partial charge in [0, 0.05) is 5.75 Å². The fourth-order valence-electron chi connectivity index (χ4n) is 2.22. The zero-order valence-corrected chi connectivity index (χ0v) is 12.4. The number of carboxylic acids is 1. The molecule has 3 rings (SSSR count). The maximum atomic E-state index is 12.4. The number of carboxylic acid groups (broad SMARTS) is 1. The summed E-state index contributed by atoms with van der Waals surface area (Å²) in [4.78, 5) is 25.1. The molecule has 0 aromatic carbocycles. The fourth-order valence-corrected chi connectivity index (χ4v) is 4.43. The molecule has 2 unspecified atom stereocenters. The third-order valence-corrected chi connectivity index (χ3v) is 5.54. The second kappa shape index (κ2) is 5.21. The summed E-state index contributed by atoms with van der Waals surface area (Å²) in [5.74, 6) is -0.0884. The molecule has 1 saturated carbocycles. The Kier molecular flexibility index (Phi) is 3.55. The predicted octanol–water partition coefficient (Wildman–Crippen LogP) is 1.62. The third kappa shape index (κ3) is 2.59. The quantitative estimate of drug-likeness (QED) is 0.880. The number of urea groups is 1. The maximum Gasteiger partial charge on any atom is 0.327 e. The standard InChI is InChI=1S/C11H14N4O3S2/c1-5-13-14-10(20-5)12-11(18)15-7(9(16)17)4-19-8(15)6-2-3-6/h6-8H,2-4H2,1H3,(H,16,17)(H,12,14,18). The lowest BCUT2D eigenvalue weighted by atomic mass is 10.2. The summed E-state index contributed by atoms with van der Waals surface area (Å²) in [6, 6.07) is -1.16. The molecule has 2 atom stereocenters. The summed E-state index contributed by atoms with van der Waals surface area (Å²) in [6.07, 6.45) is 2.12. The minimum Gasteiger partial charge on any atom is -0.480 e. The molecule has 2 fully saturated rings. The molecule has 1 aromatic heterocycles. The van der Waals surface area contributed by atoms with E-state index in [4.69, 9.17) is 0 Å². The molecule has 2 amide bonds. The smallest absolute Gasteiger partial charge is 0.327 e. The second-order valence-corrected chi connectivity index (χ2v) is 7.21. The zero-order valence-electron chi connectivity index (χ0n) is 10.8. The Hall–Kier alpha value is -1.35. The van der Waals surface area contributed by atoms with Crippen LogP contribution in [0.15, 0.2) is 0 Å². The Morgan fingerprint density at radius 1 is 1.40 bits per heavy atom. The van der Waals surface area contributed by atoms with Crippen molar-refractivity contribution in [3.8, 4) is 0 Å². The molecule has 1 saturated heterocycles. The van der Waals surface area contributed by atoms with E-state index in [0.717, 1.165) is 17.8 Å². The number of anilines is 1. The molecule has 9 heteroatoms. The fraction of sp³-hybridized carbons (Fsp3) is 0.636. The number of aromatic nitrogens is 2. The van der Waals surface area contributed by atoms with Crippen LogP contribution in [0.5, 0.6) is 0 Å². The van der Waals surface area contributed by atoms with Crippen LogP contribution in [0.1, 0.15) is 17.8 Å². The molecular weight excluding hydrogens is 300 g/mol. The molecule has 2 heterocycles. The zero-order chi connectivity index (χ0) is 14.3. The number of carbonyl (C=O) groups is 2. The minimum absolute atomic E-state index is 0.0369. The van der Waals surface area contributed by atoms with Gasteiger partial charge in [-0.25, -0.2) is 9.59 Å². The molecule has 2 N–H and O–H groups in total. The van der Waals surface area contributed by atoms with Gasteiger partial charge >= 0.3 is 12.0 Å². The van der Waals surface area contributed by atoms with Gasteiger partial charge in [0.2, 0.25) is 5.13 Å². The summed E-state index contributed by atoms with van der Waals surface area (Å²) in [5.41, 5.74) is 0. The van der Waals surface area contributed by atoms with Gasteiger partial charge in [0.05, 0.1) is 5.37 Å². The van der Waals surface area contributed by atoms with Crippen molar-refractivity contribution in [2.45, 2.75) is 31.2 Å². The van der Waals surface area contributed by atoms with Crippen molar-refractivity contribution >= 4 is 40.2 Å². The van der Waals surface area contributed by atoms with Gasteiger partial charge in [0.15, 0.2) is 0 Å². The van der Waals surface area contributed by atoms with Crippen molar-refractivity contribution in [2.75, 3.05) is 11.1 Å². The normalized spacial score (nSPS) is 25.8. The predicted molar refractivity (Wildman–Crippen MR) is 75.9 cm³/mol. The molecule has 1 aliphatic heterocycles. The van der Waals surface area contributed by atoms with Gasteiger partial charge in [0.1, 0.15) is 11.0 Å². The van der Waals surface area contributed by atoms with E-state index in [1.807, 2.05) is 0 Å². The lowest BCUT2D eigenvalue weighted by Gasteiger charge is -2.26. The first kappa shape index (κ1) is 13.6. The molecule has 2 aliphatic rings. The van der Waals surface area contributed by atoms with Gasteiger partial charge in [-0.1, -0.05) is 11.3 Å². The Morgan fingerprint density at radius 2 is 2.15 bits per heavy atom. The largest absolute Gasteiger partial charge is 0.480 e. The van der Waals surface area contributed by atoms with Crippen LogP contribution in [-0.4, -0.2) is 49.4 Å². The lowest BCUT2D eigenvalue weighted by Crippen LogP contribution is -2.48. The first-order valence-corrected chi connectivity index (χ1v) is 8.16. The molecule has 0 bridgehead atoms. The van der Waals surface area contributed by atoms with Crippen molar-refractivity contribution < 1.29 is 14.7 Å². The van der Waals surface area contributed by atoms with Crippen LogP contribution < -0.4 is 5.32 Å². The van der Waals surface area contributed by atoms with Crippen LogP contribution in [0.3, 0.4) is 0 Å². The van der Waals surface area contributed by atoms with E-state index in [1.165, 1.54) is 16.2 Å². The summed E-state index contributed by atoms with van der Waals surface area (Å²) in [5, 5.41) is 20.7. The van der Waals surface area contributed by atoms with Crippen molar-refractivity contribution in [3.05, 3.63) is 5.01 Å². The Labute approximate surface area is 123 Å². The molecule has 108 valence electrons.